The summed E-state index contributed by atoms with van der Waals surface area (Å²) in [6.07, 6.45) is 0. The summed E-state index contributed by atoms with van der Waals surface area (Å²) >= 11 is 0. The van der Waals surface area contributed by atoms with Gasteiger partial charge in [-0.1, -0.05) is 167 Å². The molecule has 0 aromatic rings. The standard InChI is InChI=1S/3C6H18NSi2.3Li/c3*1-8(2,3)7-9(4,5)6;;;/h3*1-6H3;;;/q3*-1;3*+1. The fourth-order valence-electron chi connectivity index (χ4n) is 3.02. The molecule has 0 aliphatic rings. The molecule has 3 nitrogen and oxygen atoms in total. The normalized spacial score (nSPS) is 12.6. The summed E-state index contributed by atoms with van der Waals surface area (Å²) in [5, 5.41) is 0. The van der Waals surface area contributed by atoms with Gasteiger partial charge in [-0.15, -0.1) is 0 Å². The maximum absolute atomic E-state index is 4.82. The molecule has 0 saturated carbocycles. The molecule has 30 heavy (non-hydrogen) atoms. The van der Waals surface area contributed by atoms with Gasteiger partial charge in [0.1, 0.15) is 0 Å². The molecule has 0 heterocycles. The van der Waals surface area contributed by atoms with E-state index in [-0.39, 0.29) is 56.6 Å². The van der Waals surface area contributed by atoms with E-state index in [1.54, 1.807) is 0 Å². The predicted octanol–water partition coefficient (Wildman–Crippen LogP) is 0.102. The number of hydrogen-bond donors (Lipinski definition) is 0. The summed E-state index contributed by atoms with van der Waals surface area (Å²) in [5.41, 5.74) is 0. The summed E-state index contributed by atoms with van der Waals surface area (Å²) in [7, 11) is -6.64. The molecule has 0 aromatic carbocycles. The summed E-state index contributed by atoms with van der Waals surface area (Å²) in [6, 6.07) is 0. The van der Waals surface area contributed by atoms with Crippen molar-refractivity contribution in [1.82, 2.24) is 0 Å². The second-order valence-corrected chi connectivity index (χ2v) is 42.1. The SMILES string of the molecule is C[Si](C)(C)[N-][Si](C)(C)C.C[Si](C)(C)[N-][Si](C)(C)C.C[Si](C)(C)[N-][Si](C)(C)C.[Li+].[Li+].[Li+]. The van der Waals surface area contributed by atoms with Gasteiger partial charge in [-0.3, -0.25) is 0 Å². The van der Waals surface area contributed by atoms with Gasteiger partial charge in [-0.05, 0) is 0 Å². The van der Waals surface area contributed by atoms with Crippen molar-refractivity contribution in [2.45, 2.75) is 118 Å². The third-order valence-corrected chi connectivity index (χ3v) is 18.1. The van der Waals surface area contributed by atoms with Crippen LogP contribution in [0.5, 0.6) is 0 Å². The molecule has 12 heteroatoms. The van der Waals surface area contributed by atoms with Crippen molar-refractivity contribution in [2.24, 2.45) is 0 Å². The van der Waals surface area contributed by atoms with Gasteiger partial charge in [0.05, 0.1) is 0 Å². The van der Waals surface area contributed by atoms with Crippen LogP contribution in [0.4, 0.5) is 0 Å². The molecule has 0 aliphatic carbocycles. The Hall–Kier alpha value is 2.97. The first-order valence-corrected chi connectivity index (χ1v) is 31.0. The molecular weight excluding hydrogens is 448 g/mol. The van der Waals surface area contributed by atoms with Crippen LogP contribution in [0, 0.1) is 0 Å². The molecule has 0 rings (SSSR count). The average molecular weight is 502 g/mol. The van der Waals surface area contributed by atoms with Crippen LogP contribution in [-0.4, -0.2) is 49.4 Å². The molecule has 0 saturated heterocycles. The first-order chi connectivity index (χ1) is 11.1. The molecule has 0 bridgehead atoms. The maximum Gasteiger partial charge on any atom is 1.00 e. The largest absolute Gasteiger partial charge is 1.00 e. The molecule has 0 atom stereocenters. The molecule has 0 aliphatic heterocycles. The summed E-state index contributed by atoms with van der Waals surface area (Å²) in [6.45, 7) is 41.3. The van der Waals surface area contributed by atoms with Crippen molar-refractivity contribution >= 4 is 49.4 Å². The van der Waals surface area contributed by atoms with Crippen LogP contribution in [0.15, 0.2) is 0 Å². The minimum Gasteiger partial charge on any atom is -0.668 e. The van der Waals surface area contributed by atoms with E-state index in [1.165, 1.54) is 0 Å². The van der Waals surface area contributed by atoms with E-state index in [2.05, 4.69) is 118 Å². The van der Waals surface area contributed by atoms with Crippen molar-refractivity contribution in [3.8, 4) is 0 Å². The maximum atomic E-state index is 4.82. The Kier molecular flexibility index (Phi) is 26.9. The molecule has 0 amide bonds. The van der Waals surface area contributed by atoms with Crippen molar-refractivity contribution in [3.05, 3.63) is 13.9 Å². The zero-order chi connectivity index (χ0) is 23.1. The fourth-order valence-corrected chi connectivity index (χ4v) is 27.2. The first kappa shape index (κ1) is 46.3. The van der Waals surface area contributed by atoms with E-state index in [0.717, 1.165) is 0 Å². The minimum atomic E-state index is -1.11. The first-order valence-electron chi connectivity index (χ1n) is 10.3. The van der Waals surface area contributed by atoms with Crippen LogP contribution in [0.1, 0.15) is 0 Å². The van der Waals surface area contributed by atoms with E-state index in [9.17, 15) is 0 Å². The fraction of sp³-hybridized carbons (Fsp3) is 1.00. The number of rotatable bonds is 6. The van der Waals surface area contributed by atoms with E-state index in [4.69, 9.17) is 13.9 Å². The van der Waals surface area contributed by atoms with Crippen LogP contribution in [0.3, 0.4) is 0 Å². The van der Waals surface area contributed by atoms with Gasteiger partial charge in [-0.2, -0.15) is 0 Å². The van der Waals surface area contributed by atoms with E-state index in [1.807, 2.05) is 0 Å². The monoisotopic (exact) mass is 501 g/mol. The van der Waals surface area contributed by atoms with Gasteiger partial charge in [0, 0.05) is 0 Å². The predicted molar refractivity (Wildman–Crippen MR) is 150 cm³/mol. The van der Waals surface area contributed by atoms with Crippen LogP contribution >= 0.6 is 0 Å². The van der Waals surface area contributed by atoms with Gasteiger partial charge in [0.2, 0.25) is 0 Å². The molecule has 0 unspecified atom stereocenters. The Bertz CT molecular complexity index is 305. The van der Waals surface area contributed by atoms with Crippen molar-refractivity contribution < 1.29 is 56.6 Å². The minimum absolute atomic E-state index is 0. The van der Waals surface area contributed by atoms with Crippen LogP contribution < -0.4 is 56.6 Å². The Balaban J connectivity index is -0.0000000686. The molecule has 0 spiro atoms. The Morgan fingerprint density at radius 3 is 0.300 bits per heavy atom. The molecule has 168 valence electrons. The van der Waals surface area contributed by atoms with Crippen molar-refractivity contribution in [3.63, 3.8) is 0 Å². The van der Waals surface area contributed by atoms with Gasteiger partial charge in [-0.25, -0.2) is 0 Å². The molecular formula is C18H54Li3N3Si6. The van der Waals surface area contributed by atoms with E-state index >= 15 is 0 Å². The second kappa shape index (κ2) is 17.4. The third-order valence-electron chi connectivity index (χ3n) is 2.01. The number of hydrogen-bond acceptors (Lipinski definition) is 0. The number of nitrogens with zero attached hydrogens (tertiary/aromatic N) is 3. The summed E-state index contributed by atoms with van der Waals surface area (Å²) in [5.74, 6) is 0. The molecule has 0 radical (unpaired) electrons. The van der Waals surface area contributed by atoms with Gasteiger partial charge in [0.15, 0.2) is 0 Å². The summed E-state index contributed by atoms with van der Waals surface area (Å²) < 4.78 is 14.5. The molecule has 0 aromatic heterocycles. The van der Waals surface area contributed by atoms with Crippen LogP contribution in [-0.2, 0) is 0 Å². The van der Waals surface area contributed by atoms with Crippen LogP contribution in [0.25, 0.3) is 13.9 Å². The van der Waals surface area contributed by atoms with E-state index in [0.29, 0.717) is 0 Å². The Morgan fingerprint density at radius 2 is 0.300 bits per heavy atom. The van der Waals surface area contributed by atoms with Crippen molar-refractivity contribution in [1.29, 1.82) is 0 Å². The Morgan fingerprint density at radius 1 is 0.233 bits per heavy atom. The zero-order valence-electron chi connectivity index (χ0n) is 25.3. The Labute approximate surface area is 235 Å². The second-order valence-electron chi connectivity index (χ2n) is 13.4. The van der Waals surface area contributed by atoms with Crippen LogP contribution in [0.2, 0.25) is 118 Å². The topological polar surface area (TPSA) is 42.3 Å². The third kappa shape index (κ3) is 63.3. The molecule has 0 fully saturated rings. The molecule has 0 N–H and O–H groups in total. The quantitative estimate of drug-likeness (QED) is 0.464. The van der Waals surface area contributed by atoms with Gasteiger partial charge < -0.3 is 13.9 Å². The van der Waals surface area contributed by atoms with Gasteiger partial charge >= 0.3 is 56.6 Å². The van der Waals surface area contributed by atoms with Gasteiger partial charge in [0.25, 0.3) is 0 Å². The smallest absolute Gasteiger partial charge is 0.668 e. The van der Waals surface area contributed by atoms with Crippen molar-refractivity contribution in [2.75, 3.05) is 0 Å². The summed E-state index contributed by atoms with van der Waals surface area (Å²) in [4.78, 5) is 0. The zero-order valence-corrected chi connectivity index (χ0v) is 31.3. The van der Waals surface area contributed by atoms with E-state index < -0.39 is 49.4 Å². The average Bonchev–Trinajstić information content (AvgIpc) is 1.96.